The van der Waals surface area contributed by atoms with E-state index < -0.39 is 0 Å². The summed E-state index contributed by atoms with van der Waals surface area (Å²) in [7, 11) is 7.12. The third-order valence-corrected chi connectivity index (χ3v) is 1.57. The van der Waals surface area contributed by atoms with E-state index in [1.165, 1.54) is 6.33 Å². The Morgan fingerprint density at radius 3 is 2.43 bits per heavy atom. The lowest BCUT2D eigenvalue weighted by Gasteiger charge is -2.16. The fourth-order valence-electron chi connectivity index (χ4n) is 1.04. The average molecular weight is 197 g/mol. The van der Waals surface area contributed by atoms with Crippen LogP contribution in [0.5, 0.6) is 5.75 Å². The predicted molar refractivity (Wildman–Crippen MR) is 55.4 cm³/mol. The topological polar surface area (TPSA) is 62.3 Å². The molecule has 6 heteroatoms. The number of ether oxygens (including phenoxy) is 1. The zero-order valence-corrected chi connectivity index (χ0v) is 8.83. The van der Waals surface area contributed by atoms with E-state index in [4.69, 9.17) is 4.74 Å². The summed E-state index contributed by atoms with van der Waals surface area (Å²) >= 11 is 0. The number of methoxy groups -OCH3 is 1. The molecule has 6 nitrogen and oxygen atoms in total. The first-order valence-electron chi connectivity index (χ1n) is 4.19. The fourth-order valence-corrected chi connectivity index (χ4v) is 1.04. The molecule has 0 aliphatic carbocycles. The van der Waals surface area contributed by atoms with Crippen LogP contribution in [0.1, 0.15) is 0 Å². The van der Waals surface area contributed by atoms with Gasteiger partial charge >= 0.3 is 0 Å². The van der Waals surface area contributed by atoms with E-state index in [2.05, 4.69) is 20.7 Å². The van der Waals surface area contributed by atoms with Crippen molar-refractivity contribution in [2.45, 2.75) is 0 Å². The maximum atomic E-state index is 5.19. The van der Waals surface area contributed by atoms with Crippen molar-refractivity contribution in [1.82, 2.24) is 15.0 Å². The van der Waals surface area contributed by atoms with Gasteiger partial charge in [-0.15, -0.1) is 0 Å². The Morgan fingerprint density at radius 1 is 1.29 bits per heavy atom. The highest BCUT2D eigenvalue weighted by Gasteiger charge is 2.10. The van der Waals surface area contributed by atoms with Crippen molar-refractivity contribution in [3.05, 3.63) is 6.33 Å². The Balaban J connectivity index is 3.02. The lowest BCUT2D eigenvalue weighted by atomic mass is 10.5. The van der Waals surface area contributed by atoms with Gasteiger partial charge in [-0.05, 0) is 0 Å². The SMILES string of the molecule is CNc1ncnc(NN(C)C)c1OC. The number of aromatic nitrogens is 2. The normalized spacial score (nSPS) is 10.1. The lowest BCUT2D eigenvalue weighted by Crippen LogP contribution is -2.21. The van der Waals surface area contributed by atoms with Gasteiger partial charge < -0.3 is 15.5 Å². The van der Waals surface area contributed by atoms with Crippen molar-refractivity contribution in [2.75, 3.05) is 39.0 Å². The van der Waals surface area contributed by atoms with Crippen LogP contribution in [0.25, 0.3) is 0 Å². The second kappa shape index (κ2) is 4.61. The molecular formula is C8H15N5O. The molecule has 1 aromatic heterocycles. The van der Waals surface area contributed by atoms with Crippen LogP contribution in [0.3, 0.4) is 0 Å². The maximum Gasteiger partial charge on any atom is 0.205 e. The van der Waals surface area contributed by atoms with E-state index in [0.29, 0.717) is 17.4 Å². The van der Waals surface area contributed by atoms with Crippen LogP contribution in [-0.4, -0.2) is 43.2 Å². The highest BCUT2D eigenvalue weighted by Crippen LogP contribution is 2.28. The Kier molecular flexibility index (Phi) is 3.47. The van der Waals surface area contributed by atoms with Crippen molar-refractivity contribution < 1.29 is 4.74 Å². The van der Waals surface area contributed by atoms with E-state index in [9.17, 15) is 0 Å². The van der Waals surface area contributed by atoms with Gasteiger partial charge in [0.2, 0.25) is 5.75 Å². The molecule has 0 amide bonds. The van der Waals surface area contributed by atoms with Crippen LogP contribution >= 0.6 is 0 Å². The van der Waals surface area contributed by atoms with Crippen LogP contribution < -0.4 is 15.5 Å². The molecule has 1 heterocycles. The van der Waals surface area contributed by atoms with E-state index in [0.717, 1.165) is 0 Å². The second-order valence-electron chi connectivity index (χ2n) is 2.86. The highest BCUT2D eigenvalue weighted by molar-refractivity contribution is 5.62. The molecule has 0 saturated heterocycles. The molecule has 0 aliphatic rings. The first-order valence-corrected chi connectivity index (χ1v) is 4.19. The quantitative estimate of drug-likeness (QED) is 0.682. The summed E-state index contributed by atoms with van der Waals surface area (Å²) in [6, 6.07) is 0. The number of hydrogen-bond donors (Lipinski definition) is 2. The minimum absolute atomic E-state index is 0.601. The van der Waals surface area contributed by atoms with Gasteiger partial charge in [-0.3, -0.25) is 0 Å². The Labute approximate surface area is 83.3 Å². The minimum Gasteiger partial charge on any atom is -0.490 e. The average Bonchev–Trinajstić information content (AvgIpc) is 2.16. The summed E-state index contributed by atoms with van der Waals surface area (Å²) in [5.74, 6) is 1.90. The number of anilines is 2. The Bertz CT molecular complexity index is 302. The molecule has 0 radical (unpaired) electrons. The number of nitrogens with zero attached hydrogens (tertiary/aromatic N) is 3. The van der Waals surface area contributed by atoms with Crippen LogP contribution in [0, 0.1) is 0 Å². The van der Waals surface area contributed by atoms with Crippen LogP contribution in [0.2, 0.25) is 0 Å². The molecule has 0 aliphatic heterocycles. The van der Waals surface area contributed by atoms with E-state index >= 15 is 0 Å². The van der Waals surface area contributed by atoms with Gasteiger partial charge in [-0.2, -0.15) is 0 Å². The van der Waals surface area contributed by atoms with Crippen LogP contribution in [0.15, 0.2) is 6.33 Å². The lowest BCUT2D eigenvalue weighted by molar-refractivity contribution is 0.407. The van der Waals surface area contributed by atoms with Gasteiger partial charge in [0, 0.05) is 21.1 Å². The van der Waals surface area contributed by atoms with Crippen molar-refractivity contribution in [3.63, 3.8) is 0 Å². The third kappa shape index (κ3) is 2.23. The molecule has 0 fully saturated rings. The first-order chi connectivity index (χ1) is 6.69. The monoisotopic (exact) mass is 197 g/mol. The van der Waals surface area contributed by atoms with Gasteiger partial charge in [-0.1, -0.05) is 0 Å². The van der Waals surface area contributed by atoms with Gasteiger partial charge in [0.25, 0.3) is 0 Å². The summed E-state index contributed by atoms with van der Waals surface area (Å²) in [6.45, 7) is 0. The molecule has 14 heavy (non-hydrogen) atoms. The predicted octanol–water partition coefficient (Wildman–Crippen LogP) is 0.415. The molecule has 0 unspecified atom stereocenters. The van der Waals surface area contributed by atoms with Gasteiger partial charge in [-0.25, -0.2) is 15.0 Å². The number of hydrogen-bond acceptors (Lipinski definition) is 6. The van der Waals surface area contributed by atoms with Gasteiger partial charge in [0.1, 0.15) is 6.33 Å². The van der Waals surface area contributed by atoms with Crippen LogP contribution in [0.4, 0.5) is 11.6 Å². The number of nitrogens with one attached hydrogen (secondary N) is 2. The van der Waals surface area contributed by atoms with Crippen LogP contribution in [-0.2, 0) is 0 Å². The summed E-state index contributed by atoms with van der Waals surface area (Å²) in [5, 5.41) is 4.71. The van der Waals surface area contributed by atoms with Crippen molar-refractivity contribution in [3.8, 4) is 5.75 Å². The van der Waals surface area contributed by atoms with Crippen molar-refractivity contribution in [2.24, 2.45) is 0 Å². The highest BCUT2D eigenvalue weighted by atomic mass is 16.5. The van der Waals surface area contributed by atoms with Gasteiger partial charge in [0.05, 0.1) is 7.11 Å². The zero-order chi connectivity index (χ0) is 10.6. The summed E-state index contributed by atoms with van der Waals surface area (Å²) < 4.78 is 5.19. The summed E-state index contributed by atoms with van der Waals surface area (Å²) in [4.78, 5) is 8.10. The summed E-state index contributed by atoms with van der Waals surface area (Å²) in [6.07, 6.45) is 1.47. The molecule has 1 rings (SSSR count). The molecule has 0 spiro atoms. The van der Waals surface area contributed by atoms with Crippen molar-refractivity contribution >= 4 is 11.6 Å². The molecule has 0 bridgehead atoms. The first kappa shape index (κ1) is 10.5. The number of hydrazine groups is 1. The smallest absolute Gasteiger partial charge is 0.205 e. The van der Waals surface area contributed by atoms with Gasteiger partial charge in [0.15, 0.2) is 11.6 Å². The summed E-state index contributed by atoms with van der Waals surface area (Å²) in [5.41, 5.74) is 3.02. The largest absolute Gasteiger partial charge is 0.490 e. The zero-order valence-electron chi connectivity index (χ0n) is 8.83. The van der Waals surface area contributed by atoms with E-state index in [1.54, 1.807) is 19.2 Å². The van der Waals surface area contributed by atoms with E-state index in [1.807, 2.05) is 14.1 Å². The van der Waals surface area contributed by atoms with Crippen molar-refractivity contribution in [1.29, 1.82) is 0 Å². The Hall–Kier alpha value is -1.56. The fraction of sp³-hybridized carbons (Fsp3) is 0.500. The molecule has 2 N–H and O–H groups in total. The molecule has 78 valence electrons. The molecule has 0 aromatic carbocycles. The second-order valence-corrected chi connectivity index (χ2v) is 2.86. The molecule has 0 saturated carbocycles. The maximum absolute atomic E-state index is 5.19. The minimum atomic E-state index is 0.601. The number of rotatable bonds is 4. The molecular weight excluding hydrogens is 182 g/mol. The molecule has 1 aromatic rings. The molecule has 0 atom stereocenters. The Morgan fingerprint density at radius 2 is 1.93 bits per heavy atom. The third-order valence-electron chi connectivity index (χ3n) is 1.57. The van der Waals surface area contributed by atoms with E-state index in [-0.39, 0.29) is 0 Å². The standard InChI is InChI=1S/C8H15N5O/c1-9-7-6(14-4)8(11-5-10-7)12-13(2)3/h5H,1-4H3,(H2,9,10,11,12).